The topological polar surface area (TPSA) is 61.8 Å². The number of anilines is 1. The Morgan fingerprint density at radius 1 is 1.09 bits per heavy atom. The van der Waals surface area contributed by atoms with E-state index in [0.717, 1.165) is 11.1 Å². The predicted octanol–water partition coefficient (Wildman–Crippen LogP) is 5.81. The summed E-state index contributed by atoms with van der Waals surface area (Å²) in [6.07, 6.45) is 0.101. The molecule has 32 heavy (non-hydrogen) atoms. The summed E-state index contributed by atoms with van der Waals surface area (Å²) in [6, 6.07) is 24.4. The van der Waals surface area contributed by atoms with Crippen molar-refractivity contribution in [3.8, 4) is 0 Å². The Labute approximate surface area is 196 Å². The molecule has 4 rings (SSSR count). The fraction of sp³-hybridized carbons (Fsp3) is 0.160. The lowest BCUT2D eigenvalue weighted by molar-refractivity contribution is -0.129. The predicted molar refractivity (Wildman–Crippen MR) is 131 cm³/mol. The van der Waals surface area contributed by atoms with E-state index in [1.807, 2.05) is 67.6 Å². The minimum Gasteiger partial charge on any atom is -0.325 e. The largest absolute Gasteiger partial charge is 0.325 e. The molecule has 1 aliphatic rings. The molecule has 7 heteroatoms. The molecule has 1 heterocycles. The van der Waals surface area contributed by atoms with Gasteiger partial charge in [-0.25, -0.2) is 4.99 Å². The minimum atomic E-state index is -0.576. The average molecular weight is 464 g/mol. The van der Waals surface area contributed by atoms with E-state index < -0.39 is 5.25 Å². The second-order valence-electron chi connectivity index (χ2n) is 7.51. The summed E-state index contributed by atoms with van der Waals surface area (Å²) in [7, 11) is 0. The zero-order valence-corrected chi connectivity index (χ0v) is 19.1. The standard InChI is InChI=1S/C25H22ClN3O2S/c1-17-7-5-11-20(13-17)27-24(31)22-15-23(30)29(16-18-8-3-2-4-9-18)25(32-22)28-21-12-6-10-19(26)14-21/h2-14,22H,15-16H2,1H3,(H,27,31)/t22-/m0/s1. The highest BCUT2D eigenvalue weighted by Crippen LogP contribution is 2.31. The summed E-state index contributed by atoms with van der Waals surface area (Å²) in [5, 5.41) is 3.39. The van der Waals surface area contributed by atoms with Crippen molar-refractivity contribution in [2.75, 3.05) is 5.32 Å². The van der Waals surface area contributed by atoms with Gasteiger partial charge in [-0.2, -0.15) is 0 Å². The van der Waals surface area contributed by atoms with Gasteiger partial charge in [0.25, 0.3) is 0 Å². The third kappa shape index (κ3) is 5.58. The number of amides is 2. The molecule has 1 fully saturated rings. The van der Waals surface area contributed by atoms with Gasteiger partial charge in [0.1, 0.15) is 5.25 Å². The number of carbonyl (C=O) groups excluding carboxylic acids is 2. The number of halogens is 1. The second-order valence-corrected chi connectivity index (χ2v) is 9.12. The van der Waals surface area contributed by atoms with Gasteiger partial charge in [0.15, 0.2) is 5.17 Å². The summed E-state index contributed by atoms with van der Waals surface area (Å²) in [4.78, 5) is 32.4. The lowest BCUT2D eigenvalue weighted by Gasteiger charge is -2.32. The first-order valence-electron chi connectivity index (χ1n) is 10.2. The van der Waals surface area contributed by atoms with Crippen LogP contribution in [0.3, 0.4) is 0 Å². The van der Waals surface area contributed by atoms with Crippen LogP contribution in [0.25, 0.3) is 0 Å². The SMILES string of the molecule is Cc1cccc(NC(=O)[C@@H]2CC(=O)N(Cc3ccccc3)C(=Nc3cccc(Cl)c3)S2)c1. The summed E-state index contributed by atoms with van der Waals surface area (Å²) >= 11 is 7.41. The maximum Gasteiger partial charge on any atom is 0.238 e. The molecule has 0 radical (unpaired) electrons. The zero-order chi connectivity index (χ0) is 22.5. The quantitative estimate of drug-likeness (QED) is 0.519. The van der Waals surface area contributed by atoms with Crippen LogP contribution in [-0.4, -0.2) is 27.1 Å². The Morgan fingerprint density at radius 3 is 2.62 bits per heavy atom. The van der Waals surface area contributed by atoms with Crippen LogP contribution < -0.4 is 5.32 Å². The molecule has 3 aromatic rings. The molecule has 0 aromatic heterocycles. The Morgan fingerprint density at radius 2 is 1.88 bits per heavy atom. The lowest BCUT2D eigenvalue weighted by atomic mass is 10.2. The normalized spacial score (nSPS) is 17.4. The van der Waals surface area contributed by atoms with Gasteiger partial charge < -0.3 is 5.32 Å². The molecule has 5 nitrogen and oxygen atoms in total. The molecule has 0 spiro atoms. The van der Waals surface area contributed by atoms with Gasteiger partial charge in [-0.3, -0.25) is 14.5 Å². The molecule has 1 aliphatic heterocycles. The van der Waals surface area contributed by atoms with E-state index in [-0.39, 0.29) is 18.2 Å². The number of aryl methyl sites for hydroxylation is 1. The number of carbonyl (C=O) groups is 2. The lowest BCUT2D eigenvalue weighted by Crippen LogP contribution is -2.44. The molecule has 0 saturated carbocycles. The fourth-order valence-corrected chi connectivity index (χ4v) is 4.65. The van der Waals surface area contributed by atoms with Gasteiger partial charge in [0, 0.05) is 17.1 Å². The summed E-state index contributed by atoms with van der Waals surface area (Å²) in [5.41, 5.74) is 3.38. The maximum absolute atomic E-state index is 13.1. The molecule has 1 N–H and O–H groups in total. The van der Waals surface area contributed by atoms with Gasteiger partial charge in [0.05, 0.1) is 12.2 Å². The smallest absolute Gasteiger partial charge is 0.238 e. The number of nitrogens with one attached hydrogen (secondary N) is 1. The molecule has 0 aliphatic carbocycles. The highest BCUT2D eigenvalue weighted by molar-refractivity contribution is 8.15. The van der Waals surface area contributed by atoms with Crippen molar-refractivity contribution in [1.29, 1.82) is 0 Å². The number of rotatable bonds is 5. The number of aliphatic imine (C=N–C) groups is 1. The summed E-state index contributed by atoms with van der Waals surface area (Å²) in [5.74, 6) is -0.357. The number of amidine groups is 1. The van der Waals surface area contributed by atoms with E-state index in [2.05, 4.69) is 10.3 Å². The Bertz CT molecular complexity index is 1170. The van der Waals surface area contributed by atoms with Crippen molar-refractivity contribution in [2.24, 2.45) is 4.99 Å². The van der Waals surface area contributed by atoms with Crippen LogP contribution in [-0.2, 0) is 16.1 Å². The van der Waals surface area contributed by atoms with Crippen LogP contribution >= 0.6 is 23.4 Å². The van der Waals surface area contributed by atoms with E-state index in [0.29, 0.717) is 28.1 Å². The Hall–Kier alpha value is -3.09. The highest BCUT2D eigenvalue weighted by atomic mass is 35.5. The molecule has 0 unspecified atom stereocenters. The molecule has 1 saturated heterocycles. The number of hydrogen-bond donors (Lipinski definition) is 1. The van der Waals surface area contributed by atoms with Crippen molar-refractivity contribution < 1.29 is 9.59 Å². The van der Waals surface area contributed by atoms with Gasteiger partial charge in [0.2, 0.25) is 11.8 Å². The van der Waals surface area contributed by atoms with Crippen molar-refractivity contribution in [3.05, 3.63) is 95.0 Å². The summed E-state index contributed by atoms with van der Waals surface area (Å²) in [6.45, 7) is 2.35. The van der Waals surface area contributed by atoms with E-state index >= 15 is 0 Å². The number of nitrogens with zero attached hydrogens (tertiary/aromatic N) is 2. The zero-order valence-electron chi connectivity index (χ0n) is 17.5. The molecule has 2 amide bonds. The Balaban J connectivity index is 1.60. The van der Waals surface area contributed by atoms with E-state index in [9.17, 15) is 9.59 Å². The third-order valence-corrected chi connectivity index (χ3v) is 6.36. The minimum absolute atomic E-state index is 0.101. The van der Waals surface area contributed by atoms with Crippen LogP contribution in [0.1, 0.15) is 17.5 Å². The number of hydrogen-bond acceptors (Lipinski definition) is 4. The van der Waals surface area contributed by atoms with Crippen LogP contribution in [0, 0.1) is 6.92 Å². The van der Waals surface area contributed by atoms with E-state index in [4.69, 9.17) is 11.6 Å². The number of benzene rings is 3. The first kappa shape index (κ1) is 22.1. The molecule has 1 atom stereocenters. The first-order chi connectivity index (χ1) is 15.5. The Kier molecular flexibility index (Phi) is 6.93. The van der Waals surface area contributed by atoms with Gasteiger partial charge in [-0.15, -0.1) is 0 Å². The monoisotopic (exact) mass is 463 g/mol. The van der Waals surface area contributed by atoms with Crippen molar-refractivity contribution in [2.45, 2.75) is 25.1 Å². The fourth-order valence-electron chi connectivity index (χ4n) is 3.36. The molecule has 0 bridgehead atoms. The maximum atomic E-state index is 13.1. The summed E-state index contributed by atoms with van der Waals surface area (Å²) < 4.78 is 0. The van der Waals surface area contributed by atoms with Crippen LogP contribution in [0.4, 0.5) is 11.4 Å². The molecule has 162 valence electrons. The third-order valence-electron chi connectivity index (χ3n) is 4.93. The van der Waals surface area contributed by atoms with Crippen molar-refractivity contribution in [1.82, 2.24) is 4.90 Å². The van der Waals surface area contributed by atoms with Crippen molar-refractivity contribution in [3.63, 3.8) is 0 Å². The molecular formula is C25H22ClN3O2S. The molecular weight excluding hydrogens is 442 g/mol. The van der Waals surface area contributed by atoms with E-state index in [1.54, 1.807) is 23.1 Å². The van der Waals surface area contributed by atoms with E-state index in [1.165, 1.54) is 11.8 Å². The van der Waals surface area contributed by atoms with Crippen LogP contribution in [0.5, 0.6) is 0 Å². The van der Waals surface area contributed by atoms with Gasteiger partial charge in [-0.05, 0) is 48.4 Å². The first-order valence-corrected chi connectivity index (χ1v) is 11.5. The van der Waals surface area contributed by atoms with Crippen LogP contribution in [0.2, 0.25) is 5.02 Å². The number of thioether (sulfide) groups is 1. The van der Waals surface area contributed by atoms with Crippen LogP contribution in [0.15, 0.2) is 83.9 Å². The molecule has 3 aromatic carbocycles. The highest BCUT2D eigenvalue weighted by Gasteiger charge is 2.36. The van der Waals surface area contributed by atoms with Gasteiger partial charge in [-0.1, -0.05) is 71.9 Å². The average Bonchev–Trinajstić information content (AvgIpc) is 2.76. The van der Waals surface area contributed by atoms with Gasteiger partial charge >= 0.3 is 0 Å². The van der Waals surface area contributed by atoms with Crippen molar-refractivity contribution >= 4 is 51.7 Å². The second kappa shape index (κ2) is 10.0.